The van der Waals surface area contributed by atoms with Crippen LogP contribution in [0.5, 0.6) is 0 Å². The van der Waals surface area contributed by atoms with E-state index in [1.54, 1.807) is 6.92 Å². The fourth-order valence-electron chi connectivity index (χ4n) is 1.65. The van der Waals surface area contributed by atoms with Gasteiger partial charge in [-0.2, -0.15) is 0 Å². The molecule has 16 heavy (non-hydrogen) atoms. The Labute approximate surface area is 94.3 Å². The van der Waals surface area contributed by atoms with Crippen LogP contribution in [0.4, 0.5) is 0 Å². The molecule has 0 aromatic rings. The molecule has 6 nitrogen and oxygen atoms in total. The summed E-state index contributed by atoms with van der Waals surface area (Å²) < 4.78 is 4.83. The number of ether oxygens (including phenoxy) is 1. The molecule has 0 aromatic heterocycles. The Morgan fingerprint density at radius 3 is 2.62 bits per heavy atom. The highest BCUT2D eigenvalue weighted by Gasteiger charge is 2.40. The molecule has 0 spiro atoms. The zero-order valence-electron chi connectivity index (χ0n) is 9.60. The van der Waals surface area contributed by atoms with Crippen LogP contribution in [0.3, 0.4) is 0 Å². The minimum Gasteiger partial charge on any atom is -0.388 e. The van der Waals surface area contributed by atoms with Gasteiger partial charge in [-0.3, -0.25) is 9.59 Å². The highest BCUT2D eigenvalue weighted by molar-refractivity contribution is 5.79. The van der Waals surface area contributed by atoms with Gasteiger partial charge in [-0.05, 0) is 6.92 Å². The Balaban J connectivity index is 2.37. The number of amides is 2. The average Bonchev–Trinajstić information content (AvgIpc) is 2.41. The molecule has 0 unspecified atom stereocenters. The molecular weight excluding hydrogens is 212 g/mol. The maximum Gasteiger partial charge on any atom is 0.248 e. The Morgan fingerprint density at radius 2 is 2.19 bits per heavy atom. The van der Waals surface area contributed by atoms with Crippen LogP contribution in [-0.4, -0.2) is 53.7 Å². The maximum atomic E-state index is 11.6. The van der Waals surface area contributed by atoms with Crippen LogP contribution in [0.1, 0.15) is 13.8 Å². The van der Waals surface area contributed by atoms with E-state index < -0.39 is 11.5 Å². The number of hydrogen-bond donors (Lipinski definition) is 2. The van der Waals surface area contributed by atoms with Crippen LogP contribution >= 0.6 is 0 Å². The third-order valence-electron chi connectivity index (χ3n) is 2.89. The molecule has 3 N–H and O–H groups in total. The van der Waals surface area contributed by atoms with Crippen LogP contribution in [0.25, 0.3) is 0 Å². The van der Waals surface area contributed by atoms with Gasteiger partial charge in [0.25, 0.3) is 0 Å². The van der Waals surface area contributed by atoms with Gasteiger partial charge in [0.15, 0.2) is 0 Å². The van der Waals surface area contributed by atoms with E-state index in [1.165, 1.54) is 4.90 Å². The largest absolute Gasteiger partial charge is 0.388 e. The second-order valence-electron chi connectivity index (χ2n) is 4.49. The van der Waals surface area contributed by atoms with Crippen molar-refractivity contribution in [1.29, 1.82) is 0 Å². The lowest BCUT2D eigenvalue weighted by atomic mass is 9.95. The molecular formula is C10H18N2O4. The number of likely N-dealkylation sites (tertiary alicyclic amines) is 1. The van der Waals surface area contributed by atoms with Gasteiger partial charge in [0.2, 0.25) is 11.8 Å². The summed E-state index contributed by atoms with van der Waals surface area (Å²) >= 11 is 0. The molecule has 0 saturated carbocycles. The third kappa shape index (κ3) is 3.18. The minimum absolute atomic E-state index is 0.0348. The van der Waals surface area contributed by atoms with Crippen molar-refractivity contribution < 1.29 is 19.4 Å². The van der Waals surface area contributed by atoms with Gasteiger partial charge < -0.3 is 20.5 Å². The lowest BCUT2D eigenvalue weighted by molar-refractivity contribution is -0.137. The molecule has 2 amide bonds. The summed E-state index contributed by atoms with van der Waals surface area (Å²) in [6.45, 7) is 3.96. The normalized spacial score (nSPS) is 29.4. The molecule has 0 aromatic carbocycles. The summed E-state index contributed by atoms with van der Waals surface area (Å²) in [5, 5.41) is 9.89. The van der Waals surface area contributed by atoms with Gasteiger partial charge >= 0.3 is 0 Å². The van der Waals surface area contributed by atoms with Gasteiger partial charge in [-0.25, -0.2) is 0 Å². The zero-order chi connectivity index (χ0) is 12.3. The van der Waals surface area contributed by atoms with Crippen molar-refractivity contribution in [2.75, 3.05) is 26.3 Å². The van der Waals surface area contributed by atoms with Crippen molar-refractivity contribution >= 4 is 11.8 Å². The number of hydrogen-bond acceptors (Lipinski definition) is 4. The van der Waals surface area contributed by atoms with E-state index in [4.69, 9.17) is 10.5 Å². The standard InChI is InChI=1S/C10H18N2O4/c1-7-3-12(6-10(7,2)15)9(14)5-16-4-8(11)13/h7,15H,3-6H2,1-2H3,(H2,11,13)/t7-,10+/m1/s1. The molecule has 1 heterocycles. The number of nitrogens with zero attached hydrogens (tertiary/aromatic N) is 1. The van der Waals surface area contributed by atoms with Gasteiger partial charge in [-0.15, -0.1) is 0 Å². The molecule has 0 aliphatic carbocycles. The SMILES string of the molecule is C[C@@H]1CN(C(=O)COCC(N)=O)C[C@]1(C)O. The van der Waals surface area contributed by atoms with Gasteiger partial charge in [-0.1, -0.05) is 6.92 Å². The van der Waals surface area contributed by atoms with Crippen molar-refractivity contribution in [2.45, 2.75) is 19.4 Å². The van der Waals surface area contributed by atoms with Crippen LogP contribution in [0, 0.1) is 5.92 Å². The summed E-state index contributed by atoms with van der Waals surface area (Å²) in [4.78, 5) is 23.5. The monoisotopic (exact) mass is 230 g/mol. The Bertz CT molecular complexity index is 291. The predicted octanol–water partition coefficient (Wildman–Crippen LogP) is -1.28. The van der Waals surface area contributed by atoms with Crippen LogP contribution in [0.15, 0.2) is 0 Å². The Morgan fingerprint density at radius 1 is 1.56 bits per heavy atom. The van der Waals surface area contributed by atoms with Gasteiger partial charge in [0.05, 0.1) is 5.60 Å². The average molecular weight is 230 g/mol. The van der Waals surface area contributed by atoms with Crippen molar-refractivity contribution in [3.05, 3.63) is 0 Å². The van der Waals surface area contributed by atoms with E-state index in [2.05, 4.69) is 0 Å². The van der Waals surface area contributed by atoms with E-state index in [0.29, 0.717) is 13.1 Å². The third-order valence-corrected chi connectivity index (χ3v) is 2.89. The number of aliphatic hydroxyl groups is 1. The first-order valence-electron chi connectivity index (χ1n) is 5.19. The zero-order valence-corrected chi connectivity index (χ0v) is 9.60. The summed E-state index contributed by atoms with van der Waals surface area (Å²) in [5.41, 5.74) is 4.02. The van der Waals surface area contributed by atoms with E-state index >= 15 is 0 Å². The molecule has 1 aliphatic heterocycles. The molecule has 6 heteroatoms. The molecule has 0 radical (unpaired) electrons. The van der Waals surface area contributed by atoms with Crippen molar-refractivity contribution in [1.82, 2.24) is 4.90 Å². The Hall–Kier alpha value is -1.14. The molecule has 92 valence electrons. The van der Waals surface area contributed by atoms with E-state index in [1.807, 2.05) is 6.92 Å². The highest BCUT2D eigenvalue weighted by atomic mass is 16.5. The Kier molecular flexibility index (Phi) is 3.88. The van der Waals surface area contributed by atoms with E-state index in [-0.39, 0.29) is 25.0 Å². The fraction of sp³-hybridized carbons (Fsp3) is 0.800. The first kappa shape index (κ1) is 12.9. The van der Waals surface area contributed by atoms with Crippen LogP contribution in [-0.2, 0) is 14.3 Å². The van der Waals surface area contributed by atoms with E-state index in [9.17, 15) is 14.7 Å². The van der Waals surface area contributed by atoms with Gasteiger partial charge in [0.1, 0.15) is 13.2 Å². The topological polar surface area (TPSA) is 92.9 Å². The highest BCUT2D eigenvalue weighted by Crippen LogP contribution is 2.26. The second kappa shape index (κ2) is 4.80. The minimum atomic E-state index is -0.848. The molecule has 0 bridgehead atoms. The smallest absolute Gasteiger partial charge is 0.248 e. The predicted molar refractivity (Wildman–Crippen MR) is 56.4 cm³/mol. The van der Waals surface area contributed by atoms with E-state index in [0.717, 1.165) is 0 Å². The second-order valence-corrected chi connectivity index (χ2v) is 4.49. The molecule has 1 fully saturated rings. The lowest BCUT2D eigenvalue weighted by Crippen LogP contribution is -2.37. The van der Waals surface area contributed by atoms with Gasteiger partial charge in [0, 0.05) is 19.0 Å². The number of carbonyl (C=O) groups excluding carboxylic acids is 2. The molecule has 2 atom stereocenters. The summed E-state index contributed by atoms with van der Waals surface area (Å²) in [6.07, 6.45) is 0. The number of carbonyl (C=O) groups is 2. The maximum absolute atomic E-state index is 11.6. The number of primary amides is 1. The summed E-state index contributed by atoms with van der Waals surface area (Å²) in [6, 6.07) is 0. The molecule has 1 aliphatic rings. The first-order chi connectivity index (χ1) is 7.33. The summed E-state index contributed by atoms with van der Waals surface area (Å²) in [7, 11) is 0. The van der Waals surface area contributed by atoms with Crippen molar-refractivity contribution in [2.24, 2.45) is 11.7 Å². The first-order valence-corrected chi connectivity index (χ1v) is 5.19. The number of β-amino-alcohol motifs (C(OH)–C–C–N with tert-alkyl or cyclic N) is 1. The van der Waals surface area contributed by atoms with Crippen LogP contribution < -0.4 is 5.73 Å². The number of nitrogens with two attached hydrogens (primary N) is 1. The number of rotatable bonds is 4. The molecule has 1 saturated heterocycles. The van der Waals surface area contributed by atoms with Crippen molar-refractivity contribution in [3.63, 3.8) is 0 Å². The van der Waals surface area contributed by atoms with Crippen LogP contribution in [0.2, 0.25) is 0 Å². The lowest BCUT2D eigenvalue weighted by Gasteiger charge is -2.20. The summed E-state index contributed by atoms with van der Waals surface area (Å²) in [5.74, 6) is -0.798. The quantitative estimate of drug-likeness (QED) is 0.629. The van der Waals surface area contributed by atoms with Crippen molar-refractivity contribution in [3.8, 4) is 0 Å². The molecule has 1 rings (SSSR count). The fourth-order valence-corrected chi connectivity index (χ4v) is 1.65.